The van der Waals surface area contributed by atoms with Gasteiger partial charge in [-0.2, -0.15) is 0 Å². The standard InChI is InChI=1S/C18H31FN6O5/c1-10(2)14(24-18(29)30)16(28)25-8-4-6-12(25)15(27)23-11(13(26)9-19)5-3-7-22-17(20)21/h10-12,14,24H,3-9H2,1-2H3,(H,23,27)(H,29,30)(H4,20,21,22)/t11?,12-,14?/m0/s1. The Morgan fingerprint density at radius 1 is 1.27 bits per heavy atom. The Balaban J connectivity index is 2.82. The number of ketones is 1. The molecule has 0 spiro atoms. The Labute approximate surface area is 174 Å². The number of amides is 3. The zero-order chi connectivity index (χ0) is 22.8. The number of likely N-dealkylation sites (tertiary alicyclic amines) is 1. The summed E-state index contributed by atoms with van der Waals surface area (Å²) in [7, 11) is 0. The second kappa shape index (κ2) is 11.9. The zero-order valence-corrected chi connectivity index (χ0v) is 17.2. The van der Waals surface area contributed by atoms with Crippen molar-refractivity contribution in [3.63, 3.8) is 0 Å². The molecule has 0 saturated carbocycles. The molecule has 12 heteroatoms. The van der Waals surface area contributed by atoms with E-state index in [1.54, 1.807) is 13.8 Å². The molecule has 0 aliphatic carbocycles. The van der Waals surface area contributed by atoms with Crippen molar-refractivity contribution in [3.05, 3.63) is 0 Å². The molecule has 3 amide bonds. The summed E-state index contributed by atoms with van der Waals surface area (Å²) in [6, 6.07) is -2.93. The average Bonchev–Trinajstić information content (AvgIpc) is 3.16. The smallest absolute Gasteiger partial charge is 0.405 e. The normalized spacial score (nSPS) is 17.9. The Bertz CT molecular complexity index is 659. The fourth-order valence-electron chi connectivity index (χ4n) is 3.33. The van der Waals surface area contributed by atoms with E-state index in [-0.39, 0.29) is 31.4 Å². The van der Waals surface area contributed by atoms with Gasteiger partial charge in [-0.25, -0.2) is 9.18 Å². The number of nitrogens with one attached hydrogen (secondary N) is 4. The average molecular weight is 430 g/mol. The fourth-order valence-corrected chi connectivity index (χ4v) is 3.33. The van der Waals surface area contributed by atoms with E-state index < -0.39 is 48.5 Å². The highest BCUT2D eigenvalue weighted by Crippen LogP contribution is 2.21. The van der Waals surface area contributed by atoms with Crippen LogP contribution in [0.25, 0.3) is 0 Å². The molecule has 11 nitrogen and oxygen atoms in total. The van der Waals surface area contributed by atoms with Crippen LogP contribution in [0, 0.1) is 11.3 Å². The molecule has 1 aliphatic heterocycles. The van der Waals surface area contributed by atoms with Crippen molar-refractivity contribution in [1.29, 1.82) is 5.41 Å². The number of carbonyl (C=O) groups excluding carboxylic acids is 3. The monoisotopic (exact) mass is 430 g/mol. The van der Waals surface area contributed by atoms with Gasteiger partial charge in [-0.1, -0.05) is 13.8 Å². The molecule has 1 saturated heterocycles. The Hall–Kier alpha value is -2.92. The highest BCUT2D eigenvalue weighted by Gasteiger charge is 2.39. The van der Waals surface area contributed by atoms with Crippen LogP contribution in [-0.2, 0) is 14.4 Å². The maximum Gasteiger partial charge on any atom is 0.405 e. The molecule has 0 aromatic rings. The summed E-state index contributed by atoms with van der Waals surface area (Å²) in [5.74, 6) is -2.43. The van der Waals surface area contributed by atoms with Crippen LogP contribution in [0.4, 0.5) is 9.18 Å². The highest BCUT2D eigenvalue weighted by molar-refractivity contribution is 5.95. The lowest BCUT2D eigenvalue weighted by Gasteiger charge is -2.30. The van der Waals surface area contributed by atoms with Gasteiger partial charge in [0.2, 0.25) is 11.8 Å². The largest absolute Gasteiger partial charge is 0.465 e. The van der Waals surface area contributed by atoms with E-state index in [1.165, 1.54) is 4.90 Å². The predicted octanol–water partition coefficient (Wildman–Crippen LogP) is -0.444. The van der Waals surface area contributed by atoms with E-state index in [0.29, 0.717) is 19.3 Å². The Morgan fingerprint density at radius 3 is 2.47 bits per heavy atom. The Morgan fingerprint density at radius 2 is 1.93 bits per heavy atom. The number of hydrogen-bond donors (Lipinski definition) is 6. The van der Waals surface area contributed by atoms with Crippen LogP contribution in [0.15, 0.2) is 0 Å². The number of Topliss-reactive ketones (excluding diaryl/α,β-unsaturated/α-hetero) is 1. The molecule has 1 heterocycles. The molecule has 170 valence electrons. The van der Waals surface area contributed by atoms with Crippen molar-refractivity contribution in [2.24, 2.45) is 11.7 Å². The summed E-state index contributed by atoms with van der Waals surface area (Å²) >= 11 is 0. The summed E-state index contributed by atoms with van der Waals surface area (Å²) in [6.45, 7) is 2.71. The molecule has 2 unspecified atom stereocenters. The zero-order valence-electron chi connectivity index (χ0n) is 17.2. The lowest BCUT2D eigenvalue weighted by Crippen LogP contribution is -2.56. The molecule has 1 fully saturated rings. The summed E-state index contributed by atoms with van der Waals surface area (Å²) in [5.41, 5.74) is 5.17. The number of hydrogen-bond acceptors (Lipinski definition) is 5. The summed E-state index contributed by atoms with van der Waals surface area (Å²) in [5, 5.41) is 23.3. The topological polar surface area (TPSA) is 178 Å². The molecule has 0 aromatic carbocycles. The van der Waals surface area contributed by atoms with Crippen LogP contribution in [0.3, 0.4) is 0 Å². The van der Waals surface area contributed by atoms with E-state index in [9.17, 15) is 23.6 Å². The maximum atomic E-state index is 12.9. The van der Waals surface area contributed by atoms with Crippen LogP contribution in [-0.4, -0.2) is 77.5 Å². The lowest BCUT2D eigenvalue weighted by molar-refractivity contribution is -0.141. The van der Waals surface area contributed by atoms with Gasteiger partial charge in [0.25, 0.3) is 0 Å². The molecule has 1 aliphatic rings. The third kappa shape index (κ3) is 7.48. The highest BCUT2D eigenvalue weighted by atomic mass is 19.1. The van der Waals surface area contributed by atoms with Crippen LogP contribution >= 0.6 is 0 Å². The lowest BCUT2D eigenvalue weighted by atomic mass is 10.0. The first-order valence-electron chi connectivity index (χ1n) is 9.85. The van der Waals surface area contributed by atoms with Crippen molar-refractivity contribution < 1.29 is 28.7 Å². The van der Waals surface area contributed by atoms with E-state index >= 15 is 0 Å². The van der Waals surface area contributed by atoms with Gasteiger partial charge in [0.1, 0.15) is 18.8 Å². The van der Waals surface area contributed by atoms with Gasteiger partial charge in [-0.05, 0) is 31.6 Å². The van der Waals surface area contributed by atoms with Crippen molar-refractivity contribution in [3.8, 4) is 0 Å². The molecular weight excluding hydrogens is 399 g/mol. The summed E-state index contributed by atoms with van der Waals surface area (Å²) in [4.78, 5) is 49.8. The summed E-state index contributed by atoms with van der Waals surface area (Å²) in [6.07, 6.45) is 0.0748. The molecule has 0 radical (unpaired) electrons. The van der Waals surface area contributed by atoms with Crippen LogP contribution < -0.4 is 21.7 Å². The van der Waals surface area contributed by atoms with Gasteiger partial charge in [0, 0.05) is 13.1 Å². The number of nitrogens with zero attached hydrogens (tertiary/aromatic N) is 1. The molecule has 30 heavy (non-hydrogen) atoms. The van der Waals surface area contributed by atoms with Crippen LogP contribution in [0.2, 0.25) is 0 Å². The minimum absolute atomic E-state index is 0.143. The number of carbonyl (C=O) groups is 4. The third-order valence-corrected chi connectivity index (χ3v) is 4.87. The number of rotatable bonds is 11. The van der Waals surface area contributed by atoms with Crippen molar-refractivity contribution in [2.45, 2.75) is 57.7 Å². The third-order valence-electron chi connectivity index (χ3n) is 4.87. The molecule has 3 atom stereocenters. The SMILES string of the molecule is CC(C)C(NC(=O)O)C(=O)N1CCC[C@H]1C(=O)NC(CCCNC(=N)N)C(=O)CF. The molecule has 7 N–H and O–H groups in total. The van der Waals surface area contributed by atoms with Gasteiger partial charge < -0.3 is 31.7 Å². The maximum absolute atomic E-state index is 12.9. The van der Waals surface area contributed by atoms with Crippen LogP contribution in [0.1, 0.15) is 39.5 Å². The first-order chi connectivity index (χ1) is 14.1. The van der Waals surface area contributed by atoms with E-state index in [4.69, 9.17) is 16.2 Å². The Kier molecular flexibility index (Phi) is 9.99. The number of nitrogens with two attached hydrogens (primary N) is 1. The second-order valence-electron chi connectivity index (χ2n) is 7.50. The van der Waals surface area contributed by atoms with E-state index in [0.717, 1.165) is 0 Å². The predicted molar refractivity (Wildman–Crippen MR) is 107 cm³/mol. The van der Waals surface area contributed by atoms with Gasteiger partial charge in [0.05, 0.1) is 6.04 Å². The molecule has 1 rings (SSSR count). The van der Waals surface area contributed by atoms with Gasteiger partial charge >= 0.3 is 6.09 Å². The van der Waals surface area contributed by atoms with Gasteiger partial charge in [-0.3, -0.25) is 19.8 Å². The number of halogens is 1. The second-order valence-corrected chi connectivity index (χ2v) is 7.50. The quantitative estimate of drug-likeness (QED) is 0.146. The minimum atomic E-state index is -1.34. The van der Waals surface area contributed by atoms with Crippen LogP contribution in [0.5, 0.6) is 0 Å². The van der Waals surface area contributed by atoms with Crippen molar-refractivity contribution >= 4 is 29.7 Å². The number of carboxylic acid groups (broad SMARTS) is 1. The number of guanidine groups is 1. The van der Waals surface area contributed by atoms with Gasteiger partial charge in [-0.15, -0.1) is 0 Å². The molecule has 0 bridgehead atoms. The van der Waals surface area contributed by atoms with Crippen molar-refractivity contribution in [1.82, 2.24) is 20.9 Å². The van der Waals surface area contributed by atoms with Gasteiger partial charge in [0.15, 0.2) is 11.7 Å². The van der Waals surface area contributed by atoms with Crippen molar-refractivity contribution in [2.75, 3.05) is 19.8 Å². The van der Waals surface area contributed by atoms with E-state index in [1.807, 2.05) is 0 Å². The first-order valence-corrected chi connectivity index (χ1v) is 9.85. The fraction of sp³-hybridized carbons (Fsp3) is 0.722. The molecular formula is C18H31FN6O5. The number of alkyl halides is 1. The first kappa shape index (κ1) is 25.1. The molecule has 0 aromatic heterocycles. The van der Waals surface area contributed by atoms with E-state index in [2.05, 4.69) is 16.0 Å². The summed E-state index contributed by atoms with van der Waals surface area (Å²) < 4.78 is 12.9. The minimum Gasteiger partial charge on any atom is -0.465 e.